The van der Waals surface area contributed by atoms with Gasteiger partial charge >= 0.3 is 0 Å². The van der Waals surface area contributed by atoms with E-state index >= 15 is 0 Å². The molecule has 24 heavy (non-hydrogen) atoms. The Morgan fingerprint density at radius 1 is 1.04 bits per heavy atom. The molecule has 134 valence electrons. The van der Waals surface area contributed by atoms with Crippen molar-refractivity contribution in [3.8, 4) is 5.75 Å². The topological polar surface area (TPSA) is 32.7 Å². The predicted molar refractivity (Wildman–Crippen MR) is 93.7 cm³/mol. The van der Waals surface area contributed by atoms with Gasteiger partial charge in [-0.05, 0) is 62.9 Å². The summed E-state index contributed by atoms with van der Waals surface area (Å²) in [5.74, 6) is 0.376. The first-order valence-electron chi connectivity index (χ1n) is 9.55. The number of ether oxygens (including phenoxy) is 1. The Hall–Kier alpha value is -1.13. The molecule has 2 aliphatic carbocycles. The number of likely N-dealkylation sites (N-methyl/N-ethyl adjacent to an activating group) is 1. The third-order valence-electron chi connectivity index (χ3n) is 5.70. The number of hydrogen-bond donors (Lipinski definition) is 1. The summed E-state index contributed by atoms with van der Waals surface area (Å²) in [4.78, 5) is 2.52. The predicted octanol–water partition coefficient (Wildman–Crippen LogP) is 4.14. The van der Waals surface area contributed by atoms with Gasteiger partial charge in [0.2, 0.25) is 0 Å². The lowest BCUT2D eigenvalue weighted by Gasteiger charge is -2.45. The minimum absolute atomic E-state index is 0.178. The summed E-state index contributed by atoms with van der Waals surface area (Å²) < 4.78 is 19.0. The van der Waals surface area contributed by atoms with Crippen LogP contribution in [0.3, 0.4) is 0 Å². The lowest BCUT2D eigenvalue weighted by atomic mass is 9.85. The van der Waals surface area contributed by atoms with Crippen molar-refractivity contribution in [2.45, 2.75) is 82.6 Å². The van der Waals surface area contributed by atoms with E-state index in [0.29, 0.717) is 11.8 Å². The summed E-state index contributed by atoms with van der Waals surface area (Å²) in [5, 5.41) is 10.9. The zero-order valence-corrected chi connectivity index (χ0v) is 14.7. The Kier molecular flexibility index (Phi) is 6.12. The molecule has 0 aliphatic heterocycles. The summed E-state index contributed by atoms with van der Waals surface area (Å²) in [5.41, 5.74) is 0. The Bertz CT molecular complexity index is 501. The first-order chi connectivity index (χ1) is 11.7. The molecule has 1 aromatic carbocycles. The van der Waals surface area contributed by atoms with Gasteiger partial charge in [-0.25, -0.2) is 4.39 Å². The molecule has 3 atom stereocenters. The standard InChI is InChI=1S/C20H30FNO2/c1-2-22(16-7-4-3-5-8-16)18-9-6-10-19(20(18)23)24-17-13-11-15(21)12-14-17/h11-14,16,18-20,23H,2-10H2,1H3/t18-,19+,20+/m0/s1. The maximum Gasteiger partial charge on any atom is 0.126 e. The van der Waals surface area contributed by atoms with Crippen LogP contribution in [0.4, 0.5) is 4.39 Å². The first kappa shape index (κ1) is 17.7. The van der Waals surface area contributed by atoms with E-state index in [9.17, 15) is 9.50 Å². The zero-order valence-electron chi connectivity index (χ0n) is 14.7. The zero-order chi connectivity index (χ0) is 16.9. The van der Waals surface area contributed by atoms with Crippen LogP contribution in [0, 0.1) is 5.82 Å². The third-order valence-corrected chi connectivity index (χ3v) is 5.70. The molecule has 0 unspecified atom stereocenters. The highest BCUT2D eigenvalue weighted by Gasteiger charge is 2.38. The number of aliphatic hydroxyl groups excluding tert-OH is 1. The van der Waals surface area contributed by atoms with E-state index in [4.69, 9.17) is 4.74 Å². The molecule has 0 aromatic heterocycles. The van der Waals surface area contributed by atoms with Crippen molar-refractivity contribution in [2.24, 2.45) is 0 Å². The quantitative estimate of drug-likeness (QED) is 0.878. The van der Waals surface area contributed by atoms with Gasteiger partial charge in [-0.2, -0.15) is 0 Å². The molecule has 2 fully saturated rings. The Morgan fingerprint density at radius 2 is 1.75 bits per heavy atom. The van der Waals surface area contributed by atoms with E-state index in [1.54, 1.807) is 12.1 Å². The van der Waals surface area contributed by atoms with Crippen molar-refractivity contribution in [3.63, 3.8) is 0 Å². The second-order valence-electron chi connectivity index (χ2n) is 7.22. The minimum Gasteiger partial charge on any atom is -0.488 e. The van der Waals surface area contributed by atoms with Crippen LogP contribution < -0.4 is 4.74 Å². The van der Waals surface area contributed by atoms with Crippen molar-refractivity contribution < 1.29 is 14.2 Å². The summed E-state index contributed by atoms with van der Waals surface area (Å²) in [7, 11) is 0. The van der Waals surface area contributed by atoms with Crippen molar-refractivity contribution in [1.82, 2.24) is 4.90 Å². The fourth-order valence-corrected chi connectivity index (χ4v) is 4.47. The highest BCUT2D eigenvalue weighted by Crippen LogP contribution is 2.32. The summed E-state index contributed by atoms with van der Waals surface area (Å²) in [6.45, 7) is 3.18. The van der Waals surface area contributed by atoms with E-state index in [1.807, 2.05) is 0 Å². The van der Waals surface area contributed by atoms with Crippen molar-refractivity contribution in [3.05, 3.63) is 30.1 Å². The SMILES string of the molecule is CCN(C1CCCCC1)[C@H]1CCC[C@@H](Oc2ccc(F)cc2)[C@@H]1O. The van der Waals surface area contributed by atoms with Crippen LogP contribution in [-0.4, -0.2) is 40.8 Å². The fourth-order valence-electron chi connectivity index (χ4n) is 4.47. The smallest absolute Gasteiger partial charge is 0.126 e. The van der Waals surface area contributed by atoms with E-state index in [-0.39, 0.29) is 18.0 Å². The molecule has 2 aliphatic rings. The van der Waals surface area contributed by atoms with Crippen LogP contribution in [0.1, 0.15) is 58.3 Å². The third kappa shape index (κ3) is 4.09. The average Bonchev–Trinajstić information content (AvgIpc) is 2.61. The van der Waals surface area contributed by atoms with Crippen LogP contribution in [0.2, 0.25) is 0 Å². The van der Waals surface area contributed by atoms with Crippen molar-refractivity contribution in [2.75, 3.05) is 6.54 Å². The number of hydrogen-bond acceptors (Lipinski definition) is 3. The van der Waals surface area contributed by atoms with E-state index in [2.05, 4.69) is 11.8 Å². The van der Waals surface area contributed by atoms with Gasteiger partial charge in [0.15, 0.2) is 0 Å². The van der Waals surface area contributed by atoms with Crippen LogP contribution >= 0.6 is 0 Å². The Labute approximate surface area is 144 Å². The molecule has 1 aromatic rings. The maximum atomic E-state index is 13.0. The monoisotopic (exact) mass is 335 g/mol. The van der Waals surface area contributed by atoms with Gasteiger partial charge in [0.25, 0.3) is 0 Å². The molecule has 0 spiro atoms. The van der Waals surface area contributed by atoms with Gasteiger partial charge in [0.1, 0.15) is 23.8 Å². The Morgan fingerprint density at radius 3 is 2.42 bits per heavy atom. The molecule has 1 N–H and O–H groups in total. The highest BCUT2D eigenvalue weighted by atomic mass is 19.1. The highest BCUT2D eigenvalue weighted by molar-refractivity contribution is 5.22. The number of benzene rings is 1. The molecule has 0 radical (unpaired) electrons. The van der Waals surface area contributed by atoms with Gasteiger partial charge < -0.3 is 9.84 Å². The van der Waals surface area contributed by atoms with Gasteiger partial charge in [0, 0.05) is 12.1 Å². The molecule has 0 bridgehead atoms. The molecular weight excluding hydrogens is 305 g/mol. The number of halogens is 1. The second-order valence-corrected chi connectivity index (χ2v) is 7.22. The molecule has 3 nitrogen and oxygen atoms in total. The summed E-state index contributed by atoms with van der Waals surface area (Å²) in [6, 6.07) is 6.88. The van der Waals surface area contributed by atoms with Crippen LogP contribution in [-0.2, 0) is 0 Å². The minimum atomic E-state index is -0.481. The van der Waals surface area contributed by atoms with Crippen molar-refractivity contribution in [1.29, 1.82) is 0 Å². The summed E-state index contributed by atoms with van der Waals surface area (Å²) in [6.07, 6.45) is 8.73. The number of nitrogens with zero attached hydrogens (tertiary/aromatic N) is 1. The molecule has 4 heteroatoms. The molecule has 0 amide bonds. The van der Waals surface area contributed by atoms with Gasteiger partial charge in [0.05, 0.1) is 0 Å². The summed E-state index contributed by atoms with van der Waals surface area (Å²) >= 11 is 0. The molecule has 3 rings (SSSR count). The lowest BCUT2D eigenvalue weighted by Crippen LogP contribution is -2.56. The van der Waals surface area contributed by atoms with Crippen molar-refractivity contribution >= 4 is 0 Å². The van der Waals surface area contributed by atoms with Gasteiger partial charge in [-0.1, -0.05) is 26.2 Å². The average molecular weight is 335 g/mol. The fraction of sp³-hybridized carbons (Fsp3) is 0.700. The molecular formula is C20H30FNO2. The largest absolute Gasteiger partial charge is 0.488 e. The number of aliphatic hydroxyl groups is 1. The number of rotatable bonds is 5. The molecule has 0 heterocycles. The normalized spacial score (nSPS) is 28.9. The van der Waals surface area contributed by atoms with Crippen LogP contribution in [0.15, 0.2) is 24.3 Å². The van der Waals surface area contributed by atoms with Gasteiger partial charge in [-0.3, -0.25) is 4.90 Å². The molecule has 0 saturated heterocycles. The molecule has 2 saturated carbocycles. The first-order valence-corrected chi connectivity index (χ1v) is 9.55. The van der Waals surface area contributed by atoms with Gasteiger partial charge in [-0.15, -0.1) is 0 Å². The lowest BCUT2D eigenvalue weighted by molar-refractivity contribution is -0.0669. The Balaban J connectivity index is 1.66. The maximum absolute atomic E-state index is 13.0. The second kappa shape index (κ2) is 8.30. The van der Waals surface area contributed by atoms with E-state index in [1.165, 1.54) is 44.2 Å². The van der Waals surface area contributed by atoms with Crippen LogP contribution in [0.25, 0.3) is 0 Å². The van der Waals surface area contributed by atoms with Crippen LogP contribution in [0.5, 0.6) is 5.75 Å². The van der Waals surface area contributed by atoms with E-state index in [0.717, 1.165) is 25.8 Å². The van der Waals surface area contributed by atoms with E-state index < -0.39 is 6.10 Å².